The summed E-state index contributed by atoms with van der Waals surface area (Å²) >= 11 is 1.75. The van der Waals surface area contributed by atoms with E-state index >= 15 is 0 Å². The molecule has 0 saturated carbocycles. The van der Waals surface area contributed by atoms with Gasteiger partial charge in [-0.05, 0) is 23.9 Å². The van der Waals surface area contributed by atoms with Crippen LogP contribution in [0.4, 0.5) is 5.69 Å². The average Bonchev–Trinajstić information content (AvgIpc) is 3.00. The minimum Gasteiger partial charge on any atom is -0.383 e. The number of rotatable bonds is 4. The molecule has 0 bridgehead atoms. The van der Waals surface area contributed by atoms with Crippen molar-refractivity contribution in [2.75, 3.05) is 11.9 Å². The van der Waals surface area contributed by atoms with E-state index < -0.39 is 0 Å². The van der Waals surface area contributed by atoms with Crippen molar-refractivity contribution in [2.45, 2.75) is 6.42 Å². The molecule has 0 amide bonds. The fourth-order valence-electron chi connectivity index (χ4n) is 2.18. The van der Waals surface area contributed by atoms with Gasteiger partial charge in [-0.1, -0.05) is 24.3 Å². The second-order valence-electron chi connectivity index (χ2n) is 4.43. The molecule has 0 unspecified atom stereocenters. The standard InChI is InChI=1S/C16H13N3S/c17-10-12-11-19-15-6-2-1-5-14(15)16(12)18-8-7-13-4-3-9-20-13/h1-6,9,11H,7-8H2,(H,18,19). The van der Waals surface area contributed by atoms with E-state index in [1.807, 2.05) is 24.3 Å². The smallest absolute Gasteiger partial charge is 0.103 e. The highest BCUT2D eigenvalue weighted by atomic mass is 32.1. The molecule has 98 valence electrons. The number of thiophene rings is 1. The maximum absolute atomic E-state index is 9.23. The first-order valence-electron chi connectivity index (χ1n) is 6.42. The molecule has 20 heavy (non-hydrogen) atoms. The number of fused-ring (bicyclic) bond motifs is 1. The van der Waals surface area contributed by atoms with Gasteiger partial charge in [0, 0.05) is 23.0 Å². The van der Waals surface area contributed by atoms with E-state index in [2.05, 4.69) is 33.9 Å². The van der Waals surface area contributed by atoms with Crippen LogP contribution in [0.15, 0.2) is 48.0 Å². The van der Waals surface area contributed by atoms with E-state index in [9.17, 15) is 5.26 Å². The number of pyridine rings is 1. The van der Waals surface area contributed by atoms with Gasteiger partial charge in [0.15, 0.2) is 0 Å². The van der Waals surface area contributed by atoms with Crippen LogP contribution >= 0.6 is 11.3 Å². The summed E-state index contributed by atoms with van der Waals surface area (Å²) in [5.74, 6) is 0. The van der Waals surface area contributed by atoms with Crippen molar-refractivity contribution in [1.29, 1.82) is 5.26 Å². The fraction of sp³-hybridized carbons (Fsp3) is 0.125. The molecule has 0 aliphatic rings. The molecule has 1 N–H and O–H groups in total. The molecule has 0 radical (unpaired) electrons. The van der Waals surface area contributed by atoms with Crippen LogP contribution in [0.5, 0.6) is 0 Å². The summed E-state index contributed by atoms with van der Waals surface area (Å²) < 4.78 is 0. The molecule has 1 aromatic carbocycles. The summed E-state index contributed by atoms with van der Waals surface area (Å²) in [7, 11) is 0. The molecule has 3 nitrogen and oxygen atoms in total. The molecule has 3 aromatic rings. The molecule has 3 rings (SSSR count). The number of aromatic nitrogens is 1. The van der Waals surface area contributed by atoms with E-state index in [4.69, 9.17) is 0 Å². The van der Waals surface area contributed by atoms with Gasteiger partial charge in [0.25, 0.3) is 0 Å². The highest BCUT2D eigenvalue weighted by Crippen LogP contribution is 2.25. The van der Waals surface area contributed by atoms with E-state index in [-0.39, 0.29) is 0 Å². The van der Waals surface area contributed by atoms with Gasteiger partial charge in [-0.2, -0.15) is 5.26 Å². The van der Waals surface area contributed by atoms with E-state index in [0.29, 0.717) is 5.56 Å². The van der Waals surface area contributed by atoms with Crippen molar-refractivity contribution >= 4 is 27.9 Å². The number of anilines is 1. The van der Waals surface area contributed by atoms with Crippen LogP contribution in [0.2, 0.25) is 0 Å². The van der Waals surface area contributed by atoms with Gasteiger partial charge in [-0.15, -0.1) is 11.3 Å². The van der Waals surface area contributed by atoms with Gasteiger partial charge in [0.2, 0.25) is 0 Å². The predicted molar refractivity (Wildman–Crippen MR) is 83.0 cm³/mol. The van der Waals surface area contributed by atoms with Crippen LogP contribution in [0.25, 0.3) is 10.9 Å². The molecule has 0 atom stereocenters. The zero-order valence-corrected chi connectivity index (χ0v) is 11.7. The average molecular weight is 279 g/mol. The Morgan fingerprint density at radius 2 is 2.10 bits per heavy atom. The zero-order chi connectivity index (χ0) is 13.8. The largest absolute Gasteiger partial charge is 0.383 e. The second-order valence-corrected chi connectivity index (χ2v) is 5.46. The van der Waals surface area contributed by atoms with Crippen molar-refractivity contribution in [3.63, 3.8) is 0 Å². The highest BCUT2D eigenvalue weighted by Gasteiger charge is 2.07. The first-order valence-corrected chi connectivity index (χ1v) is 7.30. The lowest BCUT2D eigenvalue weighted by atomic mass is 10.1. The van der Waals surface area contributed by atoms with E-state index in [1.165, 1.54) is 4.88 Å². The molecule has 0 spiro atoms. The lowest BCUT2D eigenvalue weighted by molar-refractivity contribution is 1.04. The second kappa shape index (κ2) is 5.72. The van der Waals surface area contributed by atoms with Gasteiger partial charge < -0.3 is 5.32 Å². The third-order valence-electron chi connectivity index (χ3n) is 3.15. The minimum absolute atomic E-state index is 0.592. The number of hydrogen-bond donors (Lipinski definition) is 1. The Kier molecular flexibility index (Phi) is 3.62. The number of nitriles is 1. The maximum atomic E-state index is 9.23. The lowest BCUT2D eigenvalue weighted by Gasteiger charge is -2.10. The fourth-order valence-corrected chi connectivity index (χ4v) is 2.89. The Morgan fingerprint density at radius 1 is 1.20 bits per heavy atom. The monoisotopic (exact) mass is 279 g/mol. The number of nitrogens with zero attached hydrogens (tertiary/aromatic N) is 2. The molecule has 2 aromatic heterocycles. The Balaban J connectivity index is 1.87. The van der Waals surface area contributed by atoms with Crippen LogP contribution in [0.1, 0.15) is 10.4 Å². The van der Waals surface area contributed by atoms with E-state index in [0.717, 1.165) is 29.6 Å². The summed E-state index contributed by atoms with van der Waals surface area (Å²) in [6, 6.07) is 14.3. The van der Waals surface area contributed by atoms with Gasteiger partial charge in [-0.25, -0.2) is 0 Å². The molecule has 0 saturated heterocycles. The normalized spacial score (nSPS) is 10.3. The maximum Gasteiger partial charge on any atom is 0.103 e. The minimum atomic E-state index is 0.592. The third-order valence-corrected chi connectivity index (χ3v) is 4.09. The third kappa shape index (κ3) is 2.49. The molecular formula is C16H13N3S. The van der Waals surface area contributed by atoms with Gasteiger partial charge in [0.1, 0.15) is 6.07 Å². The number of benzene rings is 1. The molecule has 2 heterocycles. The Labute approximate surface area is 121 Å². The summed E-state index contributed by atoms with van der Waals surface area (Å²) in [5.41, 5.74) is 2.38. The predicted octanol–water partition coefficient (Wildman–Crippen LogP) is 3.82. The first-order chi connectivity index (χ1) is 9.88. The van der Waals surface area contributed by atoms with Crippen molar-refractivity contribution < 1.29 is 0 Å². The van der Waals surface area contributed by atoms with Crippen molar-refractivity contribution in [3.8, 4) is 6.07 Å². The topological polar surface area (TPSA) is 48.7 Å². The summed E-state index contributed by atoms with van der Waals surface area (Å²) in [5, 5.41) is 15.7. The van der Waals surface area contributed by atoms with Crippen LogP contribution in [-0.4, -0.2) is 11.5 Å². The van der Waals surface area contributed by atoms with Gasteiger partial charge in [0.05, 0.1) is 16.8 Å². The summed E-state index contributed by atoms with van der Waals surface area (Å²) in [6.45, 7) is 0.809. The van der Waals surface area contributed by atoms with Gasteiger partial charge in [-0.3, -0.25) is 4.98 Å². The summed E-state index contributed by atoms with van der Waals surface area (Å²) in [4.78, 5) is 5.65. The van der Waals surface area contributed by atoms with Crippen LogP contribution in [0.3, 0.4) is 0 Å². The van der Waals surface area contributed by atoms with Crippen molar-refractivity contribution in [1.82, 2.24) is 4.98 Å². The molecule has 0 aliphatic heterocycles. The van der Waals surface area contributed by atoms with Crippen molar-refractivity contribution in [2.24, 2.45) is 0 Å². The lowest BCUT2D eigenvalue weighted by Crippen LogP contribution is -2.06. The number of para-hydroxylation sites is 1. The van der Waals surface area contributed by atoms with Crippen molar-refractivity contribution in [3.05, 3.63) is 58.4 Å². The van der Waals surface area contributed by atoms with Gasteiger partial charge >= 0.3 is 0 Å². The Bertz CT molecular complexity index is 757. The number of hydrogen-bond acceptors (Lipinski definition) is 4. The Morgan fingerprint density at radius 3 is 2.90 bits per heavy atom. The highest BCUT2D eigenvalue weighted by molar-refractivity contribution is 7.09. The zero-order valence-electron chi connectivity index (χ0n) is 10.8. The van der Waals surface area contributed by atoms with Crippen LogP contribution < -0.4 is 5.32 Å². The molecular weight excluding hydrogens is 266 g/mol. The van der Waals surface area contributed by atoms with E-state index in [1.54, 1.807) is 17.5 Å². The molecule has 0 aliphatic carbocycles. The molecule has 0 fully saturated rings. The first kappa shape index (κ1) is 12.6. The molecule has 4 heteroatoms. The van der Waals surface area contributed by atoms with Crippen LogP contribution in [-0.2, 0) is 6.42 Å². The quantitative estimate of drug-likeness (QED) is 0.789. The summed E-state index contributed by atoms with van der Waals surface area (Å²) in [6.07, 6.45) is 2.59. The van der Waals surface area contributed by atoms with Crippen LogP contribution in [0, 0.1) is 11.3 Å². The number of nitrogens with one attached hydrogen (secondary N) is 1. The Hall–Kier alpha value is -2.38. The SMILES string of the molecule is N#Cc1cnc2ccccc2c1NCCc1cccs1.